The summed E-state index contributed by atoms with van der Waals surface area (Å²) in [5.41, 5.74) is 0.668. The highest BCUT2D eigenvalue weighted by Crippen LogP contribution is 2.35. The third-order valence-electron chi connectivity index (χ3n) is 5.30. The summed E-state index contributed by atoms with van der Waals surface area (Å²) in [7, 11) is 3.47. The van der Waals surface area contributed by atoms with Crippen LogP contribution in [0.1, 0.15) is 10.5 Å². The maximum absolute atomic E-state index is 12.3. The lowest BCUT2D eigenvalue weighted by molar-refractivity contribution is 0.0932. The normalized spacial score (nSPS) is 24.5. The van der Waals surface area contributed by atoms with Crippen molar-refractivity contribution in [3.63, 3.8) is 0 Å². The molecule has 26 heavy (non-hydrogen) atoms. The summed E-state index contributed by atoms with van der Waals surface area (Å²) in [6, 6.07) is 5.53. The van der Waals surface area contributed by atoms with Crippen molar-refractivity contribution in [2.24, 2.45) is 18.9 Å². The first-order valence-electron chi connectivity index (χ1n) is 8.78. The molecular weight excluding hydrogens is 334 g/mol. The van der Waals surface area contributed by atoms with Crippen LogP contribution in [0, 0.1) is 11.8 Å². The van der Waals surface area contributed by atoms with Gasteiger partial charge >= 0.3 is 0 Å². The number of fused-ring (bicyclic) bond motifs is 1. The summed E-state index contributed by atoms with van der Waals surface area (Å²) in [5, 5.41) is 3.05. The van der Waals surface area contributed by atoms with Crippen molar-refractivity contribution in [1.82, 2.24) is 19.9 Å². The average Bonchev–Trinajstić information content (AvgIpc) is 3.35. The molecule has 2 fully saturated rings. The minimum Gasteiger partial charge on any atom is -0.481 e. The first-order valence-corrected chi connectivity index (χ1v) is 8.78. The summed E-state index contributed by atoms with van der Waals surface area (Å²) in [6.45, 7) is 2.96. The molecule has 8 heteroatoms. The molecule has 138 valence electrons. The van der Waals surface area contributed by atoms with Crippen LogP contribution >= 0.6 is 0 Å². The molecule has 1 N–H and O–H groups in total. The van der Waals surface area contributed by atoms with Gasteiger partial charge in [-0.3, -0.25) is 4.79 Å². The second kappa shape index (κ2) is 6.95. The van der Waals surface area contributed by atoms with Gasteiger partial charge in [-0.1, -0.05) is 0 Å². The average molecular weight is 357 g/mol. The molecule has 0 spiro atoms. The molecule has 0 radical (unpaired) electrons. The lowest BCUT2D eigenvalue weighted by Crippen LogP contribution is -2.35. The fourth-order valence-electron chi connectivity index (χ4n) is 3.82. The monoisotopic (exact) mass is 357 g/mol. The number of aromatic nitrogens is 3. The number of carbonyl (C=O) groups is 1. The first-order chi connectivity index (χ1) is 12.7. The van der Waals surface area contributed by atoms with Gasteiger partial charge in [0.2, 0.25) is 5.88 Å². The number of methoxy groups -OCH3 is 1. The molecule has 0 unspecified atom stereocenters. The molecule has 2 aliphatic heterocycles. The maximum Gasteiger partial charge on any atom is 0.267 e. The zero-order valence-corrected chi connectivity index (χ0v) is 15.0. The molecule has 4 heterocycles. The van der Waals surface area contributed by atoms with Crippen LogP contribution in [0.5, 0.6) is 5.88 Å². The van der Waals surface area contributed by atoms with Crippen molar-refractivity contribution in [2.75, 3.05) is 38.3 Å². The van der Waals surface area contributed by atoms with Crippen LogP contribution in [0.2, 0.25) is 0 Å². The van der Waals surface area contributed by atoms with Crippen LogP contribution in [-0.2, 0) is 11.8 Å². The van der Waals surface area contributed by atoms with E-state index in [1.807, 2.05) is 36.0 Å². The van der Waals surface area contributed by atoms with Gasteiger partial charge in [0.25, 0.3) is 5.91 Å². The number of aryl methyl sites for hydroxylation is 1. The molecule has 0 aliphatic carbocycles. The van der Waals surface area contributed by atoms with Crippen LogP contribution in [0.25, 0.3) is 0 Å². The number of carbonyl (C=O) groups excluding carboxylic acids is 1. The zero-order valence-electron chi connectivity index (χ0n) is 15.0. The summed E-state index contributed by atoms with van der Waals surface area (Å²) in [4.78, 5) is 22.9. The standard InChI is InChI=1S/C18H23N5O3/c1-22-5-3-4-14(22)18(24)19-7-12-10-26-15-9-23(8-13(12)15)16-6-17(25-2)21-11-20-16/h3-6,11-13,15H,7-10H2,1-2H3,(H,19,24)/t12-,13+,15+/m0/s1. The van der Waals surface area contributed by atoms with Gasteiger partial charge in [0, 0.05) is 50.8 Å². The molecule has 1 amide bonds. The molecule has 2 aromatic rings. The third kappa shape index (κ3) is 3.12. The first kappa shape index (κ1) is 16.8. The van der Waals surface area contributed by atoms with E-state index in [1.54, 1.807) is 7.11 Å². The van der Waals surface area contributed by atoms with E-state index in [1.165, 1.54) is 6.33 Å². The van der Waals surface area contributed by atoms with Crippen molar-refractivity contribution in [3.05, 3.63) is 36.4 Å². The molecule has 2 saturated heterocycles. The molecule has 4 rings (SSSR count). The number of amides is 1. The number of rotatable bonds is 5. The minimum atomic E-state index is -0.0451. The fraction of sp³-hybridized carbons (Fsp3) is 0.500. The second-order valence-electron chi connectivity index (χ2n) is 6.83. The molecule has 0 saturated carbocycles. The molecule has 2 aromatic heterocycles. The number of anilines is 1. The number of hydrogen-bond acceptors (Lipinski definition) is 6. The molecule has 8 nitrogen and oxygen atoms in total. The predicted molar refractivity (Wildman–Crippen MR) is 95.3 cm³/mol. The number of hydrogen-bond donors (Lipinski definition) is 1. The van der Waals surface area contributed by atoms with E-state index >= 15 is 0 Å². The van der Waals surface area contributed by atoms with Gasteiger partial charge in [0.15, 0.2) is 0 Å². The van der Waals surface area contributed by atoms with Gasteiger partial charge in [-0.25, -0.2) is 9.97 Å². The summed E-state index contributed by atoms with van der Waals surface area (Å²) < 4.78 is 13.0. The van der Waals surface area contributed by atoms with Crippen LogP contribution in [0.3, 0.4) is 0 Å². The highest BCUT2D eigenvalue weighted by molar-refractivity contribution is 5.92. The Kier molecular flexibility index (Phi) is 4.50. The Morgan fingerprint density at radius 1 is 1.42 bits per heavy atom. The van der Waals surface area contributed by atoms with Crippen LogP contribution in [-0.4, -0.2) is 59.9 Å². The number of ether oxygens (including phenoxy) is 2. The topological polar surface area (TPSA) is 81.5 Å². The highest BCUT2D eigenvalue weighted by Gasteiger charge is 2.44. The zero-order chi connectivity index (χ0) is 18.1. The van der Waals surface area contributed by atoms with Crippen molar-refractivity contribution < 1.29 is 14.3 Å². The predicted octanol–water partition coefficient (Wildman–Crippen LogP) is 0.705. The Hall–Kier alpha value is -2.61. The molecule has 3 atom stereocenters. The van der Waals surface area contributed by atoms with E-state index in [9.17, 15) is 4.79 Å². The van der Waals surface area contributed by atoms with Crippen molar-refractivity contribution in [1.29, 1.82) is 0 Å². The molecule has 0 bridgehead atoms. The van der Waals surface area contributed by atoms with Crippen LogP contribution < -0.4 is 15.0 Å². The lowest BCUT2D eigenvalue weighted by atomic mass is 9.93. The van der Waals surface area contributed by atoms with Crippen LogP contribution in [0.4, 0.5) is 5.82 Å². The van der Waals surface area contributed by atoms with Gasteiger partial charge in [0.05, 0.1) is 19.8 Å². The molecule has 2 aliphatic rings. The SMILES string of the molecule is COc1cc(N2C[C@@H]3[C@@H](CNC(=O)c4cccn4C)CO[C@@H]3C2)ncn1. The Bertz CT molecular complexity index is 793. The highest BCUT2D eigenvalue weighted by atomic mass is 16.5. The Morgan fingerprint density at radius 2 is 2.31 bits per heavy atom. The largest absolute Gasteiger partial charge is 0.481 e. The fourth-order valence-corrected chi connectivity index (χ4v) is 3.82. The lowest BCUT2D eigenvalue weighted by Gasteiger charge is -2.21. The van der Waals surface area contributed by atoms with E-state index in [2.05, 4.69) is 20.2 Å². The van der Waals surface area contributed by atoms with E-state index in [0.717, 1.165) is 18.9 Å². The van der Waals surface area contributed by atoms with Gasteiger partial charge in [-0.2, -0.15) is 0 Å². The van der Waals surface area contributed by atoms with E-state index in [-0.39, 0.29) is 12.0 Å². The van der Waals surface area contributed by atoms with E-state index in [4.69, 9.17) is 9.47 Å². The Labute approximate surface area is 152 Å². The summed E-state index contributed by atoms with van der Waals surface area (Å²) in [6.07, 6.45) is 3.56. The molecular formula is C18H23N5O3. The summed E-state index contributed by atoms with van der Waals surface area (Å²) in [5.74, 6) is 2.04. The number of nitrogens with one attached hydrogen (secondary N) is 1. The third-order valence-corrected chi connectivity index (χ3v) is 5.30. The van der Waals surface area contributed by atoms with Gasteiger partial charge < -0.3 is 24.3 Å². The van der Waals surface area contributed by atoms with Crippen molar-refractivity contribution in [3.8, 4) is 5.88 Å². The van der Waals surface area contributed by atoms with Crippen LogP contribution in [0.15, 0.2) is 30.7 Å². The quantitative estimate of drug-likeness (QED) is 0.849. The smallest absolute Gasteiger partial charge is 0.267 e. The molecule has 0 aromatic carbocycles. The Balaban J connectivity index is 1.37. The minimum absolute atomic E-state index is 0.0451. The Morgan fingerprint density at radius 3 is 3.08 bits per heavy atom. The summed E-state index contributed by atoms with van der Waals surface area (Å²) >= 11 is 0. The van der Waals surface area contributed by atoms with Gasteiger partial charge in [0.1, 0.15) is 17.8 Å². The number of nitrogens with zero attached hydrogens (tertiary/aromatic N) is 4. The van der Waals surface area contributed by atoms with Gasteiger partial charge in [-0.05, 0) is 12.1 Å². The maximum atomic E-state index is 12.3. The van der Waals surface area contributed by atoms with Crippen molar-refractivity contribution in [2.45, 2.75) is 6.10 Å². The van der Waals surface area contributed by atoms with Crippen molar-refractivity contribution >= 4 is 11.7 Å². The second-order valence-corrected chi connectivity index (χ2v) is 6.83. The van der Waals surface area contributed by atoms with E-state index < -0.39 is 0 Å². The van der Waals surface area contributed by atoms with E-state index in [0.29, 0.717) is 36.6 Å². The van der Waals surface area contributed by atoms with Gasteiger partial charge in [-0.15, -0.1) is 0 Å².